The zero-order valence-electron chi connectivity index (χ0n) is 9.59. The number of rotatable bonds is 7. The molecule has 0 saturated heterocycles. The van der Waals surface area contributed by atoms with Crippen LogP contribution >= 0.6 is 0 Å². The molecule has 0 spiro atoms. The third-order valence-electron chi connectivity index (χ3n) is 3.43. The molecule has 0 aromatic heterocycles. The highest BCUT2D eigenvalue weighted by Gasteiger charge is 2.50. The van der Waals surface area contributed by atoms with Gasteiger partial charge in [0.2, 0.25) is 5.91 Å². The molecule has 2 aliphatic rings. The van der Waals surface area contributed by atoms with Crippen LogP contribution in [-0.2, 0) is 4.79 Å². The van der Waals surface area contributed by atoms with E-state index in [-0.39, 0.29) is 0 Å². The van der Waals surface area contributed by atoms with Crippen LogP contribution in [0.25, 0.3) is 0 Å². The van der Waals surface area contributed by atoms with E-state index in [9.17, 15) is 4.79 Å². The van der Waals surface area contributed by atoms with Crippen molar-refractivity contribution < 1.29 is 4.79 Å². The van der Waals surface area contributed by atoms with E-state index in [4.69, 9.17) is 0 Å². The normalized spacial score (nSPS) is 28.9. The van der Waals surface area contributed by atoms with Gasteiger partial charge in [0, 0.05) is 19.0 Å². The maximum atomic E-state index is 11.6. The van der Waals surface area contributed by atoms with Crippen LogP contribution < -0.4 is 10.6 Å². The molecule has 0 heterocycles. The van der Waals surface area contributed by atoms with Crippen LogP contribution in [0.1, 0.15) is 32.6 Å². The summed E-state index contributed by atoms with van der Waals surface area (Å²) in [5.74, 6) is 2.31. The lowest BCUT2D eigenvalue weighted by molar-refractivity contribution is -0.122. The first-order chi connectivity index (χ1) is 7.33. The Bertz CT molecular complexity index is 226. The summed E-state index contributed by atoms with van der Waals surface area (Å²) in [6, 6.07) is 0. The molecule has 0 radical (unpaired) electrons. The molecule has 0 unspecified atom stereocenters. The van der Waals surface area contributed by atoms with E-state index < -0.39 is 0 Å². The number of amides is 1. The van der Waals surface area contributed by atoms with E-state index in [1.165, 1.54) is 12.8 Å². The number of hydrogen-bond donors (Lipinski definition) is 2. The second-order valence-corrected chi connectivity index (χ2v) is 4.88. The summed E-state index contributed by atoms with van der Waals surface area (Å²) in [6.45, 7) is 4.88. The van der Waals surface area contributed by atoms with Gasteiger partial charge in [-0.15, -0.1) is 0 Å². The lowest BCUT2D eigenvalue weighted by Crippen LogP contribution is -2.33. The first-order valence-corrected chi connectivity index (χ1v) is 6.31. The van der Waals surface area contributed by atoms with E-state index >= 15 is 0 Å². The molecule has 15 heavy (non-hydrogen) atoms. The zero-order valence-corrected chi connectivity index (χ0v) is 9.59. The Balaban J connectivity index is 1.50. The number of carbonyl (C=O) groups is 1. The van der Waals surface area contributed by atoms with Gasteiger partial charge in [-0.1, -0.05) is 6.92 Å². The fraction of sp³-hybridized carbons (Fsp3) is 0.917. The summed E-state index contributed by atoms with van der Waals surface area (Å²) in [5, 5.41) is 6.30. The molecule has 3 heteroatoms. The zero-order chi connectivity index (χ0) is 10.7. The summed E-state index contributed by atoms with van der Waals surface area (Å²) in [7, 11) is 0. The Hall–Kier alpha value is -0.570. The van der Waals surface area contributed by atoms with Crippen molar-refractivity contribution in [3.05, 3.63) is 0 Å². The van der Waals surface area contributed by atoms with Crippen molar-refractivity contribution in [1.82, 2.24) is 10.6 Å². The molecule has 0 bridgehead atoms. The predicted molar refractivity (Wildman–Crippen MR) is 60.5 cm³/mol. The van der Waals surface area contributed by atoms with Gasteiger partial charge in [-0.3, -0.25) is 4.79 Å². The van der Waals surface area contributed by atoms with Crippen LogP contribution in [0.4, 0.5) is 0 Å². The van der Waals surface area contributed by atoms with Crippen molar-refractivity contribution in [3.63, 3.8) is 0 Å². The van der Waals surface area contributed by atoms with Gasteiger partial charge in [-0.2, -0.15) is 0 Å². The molecule has 2 N–H and O–H groups in total. The Morgan fingerprint density at radius 1 is 1.27 bits per heavy atom. The molecule has 2 aliphatic carbocycles. The summed E-state index contributed by atoms with van der Waals surface area (Å²) in [5.41, 5.74) is 0. The number of nitrogens with one attached hydrogen (secondary N) is 2. The highest BCUT2D eigenvalue weighted by molar-refractivity contribution is 5.81. The minimum Gasteiger partial charge on any atom is -0.355 e. The summed E-state index contributed by atoms with van der Waals surface area (Å²) in [6.07, 6.45) is 5.04. The topological polar surface area (TPSA) is 41.1 Å². The quantitative estimate of drug-likeness (QED) is 0.619. The highest BCUT2D eigenvalue weighted by Crippen LogP contribution is 2.54. The summed E-state index contributed by atoms with van der Waals surface area (Å²) >= 11 is 0. The van der Waals surface area contributed by atoms with Crippen molar-refractivity contribution in [2.75, 3.05) is 19.6 Å². The summed E-state index contributed by atoms with van der Waals surface area (Å²) < 4.78 is 0. The molecule has 86 valence electrons. The molecule has 1 amide bonds. The molecule has 3 nitrogen and oxygen atoms in total. The lowest BCUT2D eigenvalue weighted by atomic mass is 10.2. The molecule has 2 rings (SSSR count). The van der Waals surface area contributed by atoms with E-state index in [0.29, 0.717) is 11.8 Å². The molecule has 0 aliphatic heterocycles. The van der Waals surface area contributed by atoms with Crippen LogP contribution in [0.2, 0.25) is 0 Å². The van der Waals surface area contributed by atoms with Crippen LogP contribution in [0.3, 0.4) is 0 Å². The van der Waals surface area contributed by atoms with Crippen LogP contribution in [0, 0.1) is 17.8 Å². The Morgan fingerprint density at radius 2 is 2.07 bits per heavy atom. The van der Waals surface area contributed by atoms with Crippen LogP contribution in [-0.4, -0.2) is 25.5 Å². The molecular formula is C12H22N2O. The van der Waals surface area contributed by atoms with Gasteiger partial charge in [0.1, 0.15) is 0 Å². The average molecular weight is 210 g/mol. The van der Waals surface area contributed by atoms with E-state index in [0.717, 1.165) is 44.3 Å². The smallest absolute Gasteiger partial charge is 0.223 e. The molecule has 0 aromatic carbocycles. The minimum absolute atomic E-state index is 0.296. The maximum Gasteiger partial charge on any atom is 0.223 e. The third kappa shape index (κ3) is 3.20. The highest BCUT2D eigenvalue weighted by atomic mass is 16.2. The lowest BCUT2D eigenvalue weighted by Gasteiger charge is -2.05. The average Bonchev–Trinajstić information content (AvgIpc) is 3.05. The number of hydrogen-bond acceptors (Lipinski definition) is 2. The second-order valence-electron chi connectivity index (χ2n) is 4.88. The van der Waals surface area contributed by atoms with Crippen molar-refractivity contribution in [2.45, 2.75) is 32.6 Å². The van der Waals surface area contributed by atoms with Crippen molar-refractivity contribution in [2.24, 2.45) is 17.8 Å². The minimum atomic E-state index is 0.296. The van der Waals surface area contributed by atoms with E-state index in [2.05, 4.69) is 17.6 Å². The fourth-order valence-electron chi connectivity index (χ4n) is 2.27. The van der Waals surface area contributed by atoms with Crippen molar-refractivity contribution >= 4 is 5.91 Å². The summed E-state index contributed by atoms with van der Waals surface area (Å²) in [4.78, 5) is 11.6. The Morgan fingerprint density at radius 3 is 2.73 bits per heavy atom. The van der Waals surface area contributed by atoms with E-state index in [1.807, 2.05) is 0 Å². The molecular weight excluding hydrogens is 188 g/mol. The van der Waals surface area contributed by atoms with Crippen LogP contribution in [0.15, 0.2) is 0 Å². The van der Waals surface area contributed by atoms with Gasteiger partial charge >= 0.3 is 0 Å². The van der Waals surface area contributed by atoms with Crippen LogP contribution in [0.5, 0.6) is 0 Å². The third-order valence-corrected chi connectivity index (χ3v) is 3.43. The van der Waals surface area contributed by atoms with Gasteiger partial charge in [0.05, 0.1) is 0 Å². The van der Waals surface area contributed by atoms with Gasteiger partial charge in [0.15, 0.2) is 0 Å². The second kappa shape index (κ2) is 4.97. The Kier molecular flexibility index (Phi) is 3.62. The first kappa shape index (κ1) is 10.9. The predicted octanol–water partition coefficient (Wildman–Crippen LogP) is 1.15. The molecule has 0 aromatic rings. The van der Waals surface area contributed by atoms with Gasteiger partial charge in [0.25, 0.3) is 0 Å². The van der Waals surface area contributed by atoms with Crippen molar-refractivity contribution in [3.8, 4) is 0 Å². The van der Waals surface area contributed by atoms with Gasteiger partial charge in [-0.25, -0.2) is 0 Å². The monoisotopic (exact) mass is 210 g/mol. The van der Waals surface area contributed by atoms with Gasteiger partial charge < -0.3 is 10.6 Å². The molecule has 2 fully saturated rings. The maximum absolute atomic E-state index is 11.6. The Labute approximate surface area is 92.0 Å². The fourth-order valence-corrected chi connectivity index (χ4v) is 2.27. The van der Waals surface area contributed by atoms with Crippen molar-refractivity contribution in [1.29, 1.82) is 0 Å². The first-order valence-electron chi connectivity index (χ1n) is 6.31. The molecule has 2 atom stereocenters. The number of carbonyl (C=O) groups excluding carboxylic acids is 1. The standard InChI is InChI=1S/C12H22N2O/c1-2-5-13-6-7-14-12(15)11-8-10(11)9-3-4-9/h9-11,13H,2-8H2,1H3,(H,14,15)/t10-,11-/m0/s1. The van der Waals surface area contributed by atoms with Gasteiger partial charge in [-0.05, 0) is 44.1 Å². The molecule has 2 saturated carbocycles. The SMILES string of the molecule is CCCNCCNC(=O)[C@H]1C[C@H]1C1CC1. The largest absolute Gasteiger partial charge is 0.355 e. The van der Waals surface area contributed by atoms with E-state index in [1.54, 1.807) is 0 Å².